The van der Waals surface area contributed by atoms with Crippen molar-refractivity contribution in [3.63, 3.8) is 0 Å². The molecule has 0 unspecified atom stereocenters. The number of anilines is 1. The van der Waals surface area contributed by atoms with Gasteiger partial charge in [0, 0.05) is 10.0 Å². The monoisotopic (exact) mass is 321 g/mol. The second kappa shape index (κ2) is 5.97. The summed E-state index contributed by atoms with van der Waals surface area (Å²) in [6.45, 7) is 2.05. The Bertz CT molecular complexity index is 596. The first-order valence-electron chi connectivity index (χ1n) is 5.95. The van der Waals surface area contributed by atoms with Gasteiger partial charge in [0.25, 0.3) is 5.91 Å². The SMILES string of the molecule is CCc1ccc(C(=O)Nc2ccc(Br)cc2F)cc1. The van der Waals surface area contributed by atoms with Gasteiger partial charge in [-0.1, -0.05) is 35.0 Å². The van der Waals surface area contributed by atoms with Crippen LogP contribution in [0.2, 0.25) is 0 Å². The Labute approximate surface area is 119 Å². The van der Waals surface area contributed by atoms with Crippen molar-refractivity contribution in [2.24, 2.45) is 0 Å². The molecule has 19 heavy (non-hydrogen) atoms. The van der Waals surface area contributed by atoms with Crippen LogP contribution in [-0.4, -0.2) is 5.91 Å². The molecule has 0 spiro atoms. The minimum absolute atomic E-state index is 0.174. The third-order valence-electron chi connectivity index (χ3n) is 2.80. The van der Waals surface area contributed by atoms with E-state index in [1.165, 1.54) is 12.1 Å². The predicted octanol–water partition coefficient (Wildman–Crippen LogP) is 4.40. The summed E-state index contributed by atoms with van der Waals surface area (Å²) in [5.74, 6) is -0.781. The lowest BCUT2D eigenvalue weighted by Gasteiger charge is -2.07. The Morgan fingerprint density at radius 2 is 1.89 bits per heavy atom. The quantitative estimate of drug-likeness (QED) is 0.891. The third-order valence-corrected chi connectivity index (χ3v) is 3.30. The lowest BCUT2D eigenvalue weighted by Crippen LogP contribution is -2.12. The van der Waals surface area contributed by atoms with Crippen molar-refractivity contribution in [1.82, 2.24) is 0 Å². The molecule has 0 aliphatic carbocycles. The van der Waals surface area contributed by atoms with Crippen LogP contribution in [0.5, 0.6) is 0 Å². The molecule has 0 heterocycles. The topological polar surface area (TPSA) is 29.1 Å². The van der Waals surface area contributed by atoms with E-state index in [2.05, 4.69) is 21.2 Å². The summed E-state index contributed by atoms with van der Waals surface area (Å²) in [5.41, 5.74) is 1.85. The zero-order valence-electron chi connectivity index (χ0n) is 10.4. The summed E-state index contributed by atoms with van der Waals surface area (Å²) < 4.78 is 14.2. The molecule has 0 aliphatic heterocycles. The maximum atomic E-state index is 13.6. The maximum Gasteiger partial charge on any atom is 0.255 e. The molecule has 2 nitrogen and oxygen atoms in total. The van der Waals surface area contributed by atoms with Gasteiger partial charge in [-0.3, -0.25) is 4.79 Å². The fourth-order valence-electron chi connectivity index (χ4n) is 1.68. The smallest absolute Gasteiger partial charge is 0.255 e. The van der Waals surface area contributed by atoms with Gasteiger partial charge in [0.1, 0.15) is 5.82 Å². The van der Waals surface area contributed by atoms with Crippen LogP contribution in [0.15, 0.2) is 46.9 Å². The maximum absolute atomic E-state index is 13.6. The van der Waals surface area contributed by atoms with Gasteiger partial charge in [0.05, 0.1) is 5.69 Å². The number of nitrogens with one attached hydrogen (secondary N) is 1. The van der Waals surface area contributed by atoms with Gasteiger partial charge in [-0.25, -0.2) is 4.39 Å². The highest BCUT2D eigenvalue weighted by atomic mass is 79.9. The number of rotatable bonds is 3. The Kier molecular flexibility index (Phi) is 4.32. The summed E-state index contributed by atoms with van der Waals surface area (Å²) >= 11 is 3.17. The Balaban J connectivity index is 2.15. The number of benzene rings is 2. The number of halogens is 2. The van der Waals surface area contributed by atoms with Crippen LogP contribution in [0.25, 0.3) is 0 Å². The average molecular weight is 322 g/mol. The molecule has 0 aliphatic rings. The predicted molar refractivity (Wildman–Crippen MR) is 77.9 cm³/mol. The highest BCUT2D eigenvalue weighted by Gasteiger charge is 2.09. The first-order chi connectivity index (χ1) is 9.10. The number of hydrogen-bond donors (Lipinski definition) is 1. The summed E-state index contributed by atoms with van der Waals surface area (Å²) in [7, 11) is 0. The molecule has 0 radical (unpaired) electrons. The zero-order valence-corrected chi connectivity index (χ0v) is 12.0. The van der Waals surface area contributed by atoms with E-state index in [1.54, 1.807) is 18.2 Å². The van der Waals surface area contributed by atoms with Crippen LogP contribution in [0.4, 0.5) is 10.1 Å². The van der Waals surface area contributed by atoms with E-state index in [0.717, 1.165) is 12.0 Å². The summed E-state index contributed by atoms with van der Waals surface area (Å²) in [5, 5.41) is 2.56. The second-order valence-electron chi connectivity index (χ2n) is 4.13. The molecule has 2 rings (SSSR count). The van der Waals surface area contributed by atoms with Gasteiger partial charge in [-0.2, -0.15) is 0 Å². The van der Waals surface area contributed by atoms with Crippen molar-refractivity contribution in [2.45, 2.75) is 13.3 Å². The van der Waals surface area contributed by atoms with Gasteiger partial charge in [0.2, 0.25) is 0 Å². The van der Waals surface area contributed by atoms with E-state index in [-0.39, 0.29) is 11.6 Å². The Morgan fingerprint density at radius 1 is 1.21 bits per heavy atom. The average Bonchev–Trinajstić information content (AvgIpc) is 2.42. The first kappa shape index (κ1) is 13.7. The number of amides is 1. The minimum Gasteiger partial charge on any atom is -0.319 e. The van der Waals surface area contributed by atoms with E-state index in [1.807, 2.05) is 19.1 Å². The van der Waals surface area contributed by atoms with Crippen molar-refractivity contribution in [2.75, 3.05) is 5.32 Å². The molecule has 0 bridgehead atoms. The molecule has 0 saturated heterocycles. The van der Waals surface area contributed by atoms with E-state index in [0.29, 0.717) is 10.0 Å². The number of carbonyl (C=O) groups excluding carboxylic acids is 1. The highest BCUT2D eigenvalue weighted by molar-refractivity contribution is 9.10. The van der Waals surface area contributed by atoms with Crippen molar-refractivity contribution in [3.05, 3.63) is 63.9 Å². The molecule has 98 valence electrons. The van der Waals surface area contributed by atoms with Crippen LogP contribution in [-0.2, 0) is 6.42 Å². The lowest BCUT2D eigenvalue weighted by atomic mass is 10.1. The fraction of sp³-hybridized carbons (Fsp3) is 0.133. The normalized spacial score (nSPS) is 10.3. The fourth-order valence-corrected chi connectivity index (χ4v) is 2.01. The molecule has 4 heteroatoms. The summed E-state index contributed by atoms with van der Waals surface area (Å²) in [4.78, 5) is 12.0. The molecule has 0 aromatic heterocycles. The molecule has 0 atom stereocenters. The van der Waals surface area contributed by atoms with Gasteiger partial charge in [0.15, 0.2) is 0 Å². The van der Waals surface area contributed by atoms with Crippen molar-refractivity contribution < 1.29 is 9.18 Å². The number of carbonyl (C=O) groups is 1. The van der Waals surface area contributed by atoms with Gasteiger partial charge in [-0.15, -0.1) is 0 Å². The van der Waals surface area contributed by atoms with Crippen molar-refractivity contribution in [1.29, 1.82) is 0 Å². The number of aryl methyl sites for hydroxylation is 1. The van der Waals surface area contributed by atoms with Crippen LogP contribution >= 0.6 is 15.9 Å². The molecule has 1 N–H and O–H groups in total. The molecular formula is C15H13BrFNO. The third kappa shape index (κ3) is 3.41. The van der Waals surface area contributed by atoms with Gasteiger partial charge < -0.3 is 5.32 Å². The van der Waals surface area contributed by atoms with E-state index in [4.69, 9.17) is 0 Å². The van der Waals surface area contributed by atoms with Crippen LogP contribution in [0.3, 0.4) is 0 Å². The minimum atomic E-state index is -0.465. The second-order valence-corrected chi connectivity index (χ2v) is 5.04. The molecule has 0 fully saturated rings. The molecule has 2 aromatic rings. The van der Waals surface area contributed by atoms with E-state index < -0.39 is 5.82 Å². The lowest BCUT2D eigenvalue weighted by molar-refractivity contribution is 0.102. The zero-order chi connectivity index (χ0) is 13.8. The standard InChI is InChI=1S/C15H13BrFNO/c1-2-10-3-5-11(6-4-10)15(19)18-14-8-7-12(16)9-13(14)17/h3-9H,2H2,1H3,(H,18,19). The summed E-state index contributed by atoms with van der Waals surface area (Å²) in [6, 6.07) is 11.8. The number of hydrogen-bond acceptors (Lipinski definition) is 1. The molecular weight excluding hydrogens is 309 g/mol. The van der Waals surface area contributed by atoms with E-state index in [9.17, 15) is 9.18 Å². The highest BCUT2D eigenvalue weighted by Crippen LogP contribution is 2.20. The van der Waals surface area contributed by atoms with Crippen LogP contribution < -0.4 is 5.32 Å². The molecule has 2 aromatic carbocycles. The molecule has 1 amide bonds. The van der Waals surface area contributed by atoms with E-state index >= 15 is 0 Å². The van der Waals surface area contributed by atoms with Crippen LogP contribution in [0.1, 0.15) is 22.8 Å². The van der Waals surface area contributed by atoms with Crippen molar-refractivity contribution in [3.8, 4) is 0 Å². The molecule has 0 saturated carbocycles. The van der Waals surface area contributed by atoms with Gasteiger partial charge >= 0.3 is 0 Å². The van der Waals surface area contributed by atoms with Gasteiger partial charge in [-0.05, 0) is 42.3 Å². The summed E-state index contributed by atoms with van der Waals surface area (Å²) in [6.07, 6.45) is 0.920. The van der Waals surface area contributed by atoms with Crippen LogP contribution in [0, 0.1) is 5.82 Å². The Morgan fingerprint density at radius 3 is 2.47 bits per heavy atom. The first-order valence-corrected chi connectivity index (χ1v) is 6.75. The largest absolute Gasteiger partial charge is 0.319 e. The van der Waals surface area contributed by atoms with Crippen molar-refractivity contribution >= 4 is 27.5 Å². The Hall–Kier alpha value is -1.68.